The first-order valence-corrected chi connectivity index (χ1v) is 11.0. The van der Waals surface area contributed by atoms with E-state index in [4.69, 9.17) is 11.6 Å². The van der Waals surface area contributed by atoms with Gasteiger partial charge in [-0.1, -0.05) is 35.5 Å². The van der Waals surface area contributed by atoms with Crippen LogP contribution in [0.15, 0.2) is 29.4 Å². The van der Waals surface area contributed by atoms with Gasteiger partial charge in [0, 0.05) is 10.4 Å². The number of anilines is 1. The third-order valence-electron chi connectivity index (χ3n) is 4.46. The predicted molar refractivity (Wildman–Crippen MR) is 112 cm³/mol. The highest BCUT2D eigenvalue weighted by Crippen LogP contribution is 2.37. The predicted octanol–water partition coefficient (Wildman–Crippen LogP) is 4.67. The number of benzene rings is 1. The van der Waals surface area contributed by atoms with E-state index in [1.54, 1.807) is 6.07 Å². The highest BCUT2D eigenvalue weighted by atomic mass is 35.5. The van der Waals surface area contributed by atoms with Gasteiger partial charge in [0.05, 0.1) is 16.3 Å². The van der Waals surface area contributed by atoms with Crippen molar-refractivity contribution < 1.29 is 4.79 Å². The third-order valence-corrected chi connectivity index (χ3v) is 6.85. The van der Waals surface area contributed by atoms with Gasteiger partial charge in [0.2, 0.25) is 11.1 Å². The lowest BCUT2D eigenvalue weighted by atomic mass is 9.96. The molecule has 0 spiro atoms. The molecule has 142 valence electrons. The zero-order valence-corrected chi connectivity index (χ0v) is 17.2. The van der Waals surface area contributed by atoms with Gasteiger partial charge in [-0.2, -0.15) is 5.26 Å². The number of thioether (sulfide) groups is 1. The van der Waals surface area contributed by atoms with Crippen molar-refractivity contribution in [2.24, 2.45) is 0 Å². The fraction of sp³-hybridized carbons (Fsp3) is 0.263. The number of carbonyl (C=O) groups is 1. The average Bonchev–Trinajstić information content (AvgIpc) is 3.30. The lowest BCUT2D eigenvalue weighted by Crippen LogP contribution is -2.14. The second kappa shape index (κ2) is 8.35. The van der Waals surface area contributed by atoms with Crippen LogP contribution in [0.1, 0.15) is 28.8 Å². The van der Waals surface area contributed by atoms with E-state index in [2.05, 4.69) is 26.6 Å². The minimum atomic E-state index is -0.177. The first kappa shape index (κ1) is 19.0. The molecule has 2 heterocycles. The molecule has 0 saturated carbocycles. The number of thiophene rings is 1. The van der Waals surface area contributed by atoms with Crippen LogP contribution >= 0.6 is 34.7 Å². The van der Waals surface area contributed by atoms with Gasteiger partial charge < -0.3 is 5.32 Å². The maximum Gasteiger partial charge on any atom is 0.235 e. The largest absolute Gasteiger partial charge is 0.316 e. The van der Waals surface area contributed by atoms with E-state index in [0.717, 1.165) is 36.8 Å². The molecular formula is C19H16ClN5OS2. The highest BCUT2D eigenvalue weighted by molar-refractivity contribution is 7.99. The van der Waals surface area contributed by atoms with E-state index < -0.39 is 0 Å². The number of aromatic amines is 1. The summed E-state index contributed by atoms with van der Waals surface area (Å²) in [4.78, 5) is 18.0. The van der Waals surface area contributed by atoms with Crippen LogP contribution in [-0.4, -0.2) is 26.8 Å². The smallest absolute Gasteiger partial charge is 0.235 e. The molecule has 1 aliphatic rings. The van der Waals surface area contributed by atoms with Crippen LogP contribution in [0.25, 0.3) is 11.4 Å². The summed E-state index contributed by atoms with van der Waals surface area (Å²) in [6.07, 6.45) is 4.14. The number of H-pyrrole nitrogens is 1. The fourth-order valence-electron chi connectivity index (χ4n) is 3.15. The fourth-order valence-corrected chi connectivity index (χ4v) is 5.23. The lowest BCUT2D eigenvalue weighted by molar-refractivity contribution is -0.113. The van der Waals surface area contributed by atoms with E-state index in [-0.39, 0.29) is 11.7 Å². The van der Waals surface area contributed by atoms with Crippen LogP contribution in [0.2, 0.25) is 5.02 Å². The standard InChI is InChI=1S/C19H16ClN5OS2/c20-14-7-3-1-6-12(14)17-23-19(25-24-17)27-10-16(26)22-18-13(9-21)11-5-2-4-8-15(11)28-18/h1,3,6-7H,2,4-5,8,10H2,(H,22,26)(H,23,24,25). The summed E-state index contributed by atoms with van der Waals surface area (Å²) in [5.41, 5.74) is 2.49. The molecule has 0 atom stereocenters. The molecule has 2 N–H and O–H groups in total. The van der Waals surface area contributed by atoms with Crippen LogP contribution in [0.5, 0.6) is 0 Å². The Morgan fingerprint density at radius 3 is 3.00 bits per heavy atom. The topological polar surface area (TPSA) is 94.5 Å². The summed E-state index contributed by atoms with van der Waals surface area (Å²) in [5, 5.41) is 21.1. The number of aromatic nitrogens is 3. The third kappa shape index (κ3) is 3.92. The van der Waals surface area contributed by atoms with Gasteiger partial charge in [0.25, 0.3) is 0 Å². The number of hydrogen-bond acceptors (Lipinski definition) is 6. The lowest BCUT2D eigenvalue weighted by Gasteiger charge is -2.09. The van der Waals surface area contributed by atoms with Crippen molar-refractivity contribution in [3.63, 3.8) is 0 Å². The summed E-state index contributed by atoms with van der Waals surface area (Å²) in [6, 6.07) is 9.61. The van der Waals surface area contributed by atoms with Crippen molar-refractivity contribution in [1.29, 1.82) is 5.26 Å². The summed E-state index contributed by atoms with van der Waals surface area (Å²) >= 11 is 8.93. The van der Waals surface area contributed by atoms with Crippen LogP contribution in [0.3, 0.4) is 0 Å². The summed E-state index contributed by atoms with van der Waals surface area (Å²) in [5.74, 6) is 0.545. The monoisotopic (exact) mass is 429 g/mol. The summed E-state index contributed by atoms with van der Waals surface area (Å²) < 4.78 is 0. The van der Waals surface area contributed by atoms with Crippen LogP contribution < -0.4 is 5.32 Å². The van der Waals surface area contributed by atoms with E-state index in [1.807, 2.05) is 18.2 Å². The van der Waals surface area contributed by atoms with Gasteiger partial charge in [-0.05, 0) is 43.4 Å². The molecule has 9 heteroatoms. The van der Waals surface area contributed by atoms with Crippen LogP contribution in [0, 0.1) is 11.3 Å². The SMILES string of the molecule is N#Cc1c(NC(=O)CSc2n[nH]c(-c3ccccc3Cl)n2)sc2c1CCCC2. The molecule has 1 aliphatic carbocycles. The second-order valence-electron chi connectivity index (χ2n) is 6.31. The summed E-state index contributed by atoms with van der Waals surface area (Å²) in [6.45, 7) is 0. The van der Waals surface area contributed by atoms with Crippen molar-refractivity contribution >= 4 is 45.6 Å². The Morgan fingerprint density at radius 1 is 1.36 bits per heavy atom. The number of halogens is 1. The molecule has 0 unspecified atom stereocenters. The van der Waals surface area contributed by atoms with Gasteiger partial charge in [-0.15, -0.1) is 16.4 Å². The number of rotatable bonds is 5. The molecule has 1 amide bonds. The molecule has 0 fully saturated rings. The maximum absolute atomic E-state index is 12.4. The van der Waals surface area contributed by atoms with Gasteiger partial charge in [-0.25, -0.2) is 4.98 Å². The van der Waals surface area contributed by atoms with Crippen molar-refractivity contribution in [3.8, 4) is 17.5 Å². The number of amides is 1. The van der Waals surface area contributed by atoms with E-state index in [0.29, 0.717) is 26.6 Å². The van der Waals surface area contributed by atoms with Gasteiger partial charge in [0.15, 0.2) is 5.82 Å². The molecular weight excluding hydrogens is 414 g/mol. The van der Waals surface area contributed by atoms with Crippen LogP contribution in [-0.2, 0) is 17.6 Å². The molecule has 2 aromatic heterocycles. The first-order valence-electron chi connectivity index (χ1n) is 8.80. The summed E-state index contributed by atoms with van der Waals surface area (Å²) in [7, 11) is 0. The number of nitriles is 1. The molecule has 0 saturated heterocycles. The van der Waals surface area contributed by atoms with Gasteiger partial charge in [0.1, 0.15) is 11.1 Å². The highest BCUT2D eigenvalue weighted by Gasteiger charge is 2.22. The molecule has 0 bridgehead atoms. The van der Waals surface area contributed by atoms with E-state index in [1.165, 1.54) is 28.0 Å². The molecule has 1 aromatic carbocycles. The van der Waals surface area contributed by atoms with Gasteiger partial charge in [-0.3, -0.25) is 9.89 Å². The van der Waals surface area contributed by atoms with Crippen molar-refractivity contribution in [3.05, 3.63) is 45.3 Å². The number of nitrogens with one attached hydrogen (secondary N) is 2. The number of hydrogen-bond donors (Lipinski definition) is 2. The maximum atomic E-state index is 12.4. The van der Waals surface area contributed by atoms with E-state index >= 15 is 0 Å². The molecule has 0 radical (unpaired) electrons. The zero-order chi connectivity index (χ0) is 19.5. The van der Waals surface area contributed by atoms with Crippen molar-refractivity contribution in [1.82, 2.24) is 15.2 Å². The normalized spacial score (nSPS) is 13.0. The van der Waals surface area contributed by atoms with E-state index in [9.17, 15) is 10.1 Å². The Labute approximate surface area is 175 Å². The Hall–Kier alpha value is -2.34. The Balaban J connectivity index is 1.40. The second-order valence-corrected chi connectivity index (χ2v) is 8.76. The van der Waals surface area contributed by atoms with Crippen molar-refractivity contribution in [2.45, 2.75) is 30.8 Å². The number of nitrogens with zero attached hydrogens (tertiary/aromatic N) is 3. The Kier molecular flexibility index (Phi) is 5.67. The minimum absolute atomic E-state index is 0.160. The number of aryl methyl sites for hydroxylation is 1. The molecule has 28 heavy (non-hydrogen) atoms. The quantitative estimate of drug-likeness (QED) is 0.575. The molecule has 4 rings (SSSR count). The molecule has 3 aromatic rings. The first-order chi connectivity index (χ1) is 13.7. The minimum Gasteiger partial charge on any atom is -0.316 e. The Morgan fingerprint density at radius 2 is 2.18 bits per heavy atom. The van der Waals surface area contributed by atoms with Crippen LogP contribution in [0.4, 0.5) is 5.00 Å². The Bertz CT molecular complexity index is 1070. The number of fused-ring (bicyclic) bond motifs is 1. The zero-order valence-electron chi connectivity index (χ0n) is 14.8. The molecule has 0 aliphatic heterocycles. The van der Waals surface area contributed by atoms with Gasteiger partial charge >= 0.3 is 0 Å². The number of carbonyl (C=O) groups excluding carboxylic acids is 1. The average molecular weight is 430 g/mol. The molecule has 6 nitrogen and oxygen atoms in total. The van der Waals surface area contributed by atoms with Crippen molar-refractivity contribution in [2.75, 3.05) is 11.1 Å².